The van der Waals surface area contributed by atoms with Crippen molar-refractivity contribution in [2.75, 3.05) is 19.1 Å². The molecular weight excluding hydrogens is 282 g/mol. The molecule has 0 atom stereocenters. The second-order valence-corrected chi connectivity index (χ2v) is 6.01. The Morgan fingerprint density at radius 3 is 2.55 bits per heavy atom. The number of rotatable bonds is 5. The standard InChI is InChI=1S/C12H13N3O4S/c1-20(2)8-7-19-12(16)11(14-13)9-3-5-10(6-4-9)15(17)18/h3-6,8H,7H2,1-2H3/p+1/b12-11-. The summed E-state index contributed by atoms with van der Waals surface area (Å²) in [6.45, 7) is 0.175. The highest BCUT2D eigenvalue weighted by Gasteiger charge is 2.24. The lowest BCUT2D eigenvalue weighted by Gasteiger charge is -1.99. The van der Waals surface area contributed by atoms with Gasteiger partial charge in [0.2, 0.25) is 5.39 Å². The third-order valence-corrected chi connectivity index (χ3v) is 3.08. The molecule has 0 radical (unpaired) electrons. The molecular formula is C12H14N3O4S+. The van der Waals surface area contributed by atoms with Gasteiger partial charge in [0, 0.05) is 12.1 Å². The summed E-state index contributed by atoms with van der Waals surface area (Å²) in [6, 6.07) is 5.21. The third-order valence-electron chi connectivity index (χ3n) is 2.28. The summed E-state index contributed by atoms with van der Waals surface area (Å²) in [4.78, 5) is 12.9. The molecule has 1 aromatic rings. The van der Waals surface area contributed by atoms with Crippen LogP contribution < -0.4 is 0 Å². The maximum absolute atomic E-state index is 10.5. The number of diazo groups is 1. The molecule has 1 aromatic carbocycles. The van der Waals surface area contributed by atoms with E-state index in [9.17, 15) is 15.2 Å². The summed E-state index contributed by atoms with van der Waals surface area (Å²) < 4.78 is 5.04. The summed E-state index contributed by atoms with van der Waals surface area (Å²) >= 11 is 0. The van der Waals surface area contributed by atoms with E-state index in [2.05, 4.69) is 4.98 Å². The lowest BCUT2D eigenvalue weighted by molar-refractivity contribution is -0.384. The van der Waals surface area contributed by atoms with Crippen molar-refractivity contribution in [1.29, 1.82) is 5.39 Å². The zero-order chi connectivity index (χ0) is 15.1. The van der Waals surface area contributed by atoms with Crippen molar-refractivity contribution in [2.45, 2.75) is 0 Å². The highest BCUT2D eigenvalue weighted by molar-refractivity contribution is 8.13. The van der Waals surface area contributed by atoms with Crippen LogP contribution in [0.5, 0.6) is 0 Å². The van der Waals surface area contributed by atoms with Crippen molar-refractivity contribution in [3.63, 3.8) is 0 Å². The van der Waals surface area contributed by atoms with E-state index >= 15 is 0 Å². The molecule has 0 amide bonds. The molecule has 106 valence electrons. The van der Waals surface area contributed by atoms with Crippen LogP contribution in [0, 0.1) is 15.5 Å². The molecule has 1 rings (SSSR count). The predicted octanol–water partition coefficient (Wildman–Crippen LogP) is 2.98. The van der Waals surface area contributed by atoms with Gasteiger partial charge in [-0.15, -0.1) is 0 Å². The first-order chi connectivity index (χ1) is 9.45. The Balaban J connectivity index is 2.97. The normalized spacial score (nSPS) is 11.5. The minimum absolute atomic E-state index is 0.0482. The molecule has 0 aromatic heterocycles. The van der Waals surface area contributed by atoms with Gasteiger partial charge in [-0.3, -0.25) is 10.1 Å². The fourth-order valence-corrected chi connectivity index (χ4v) is 1.62. The summed E-state index contributed by atoms with van der Waals surface area (Å²) in [5.41, 5.74) is 0.0313. The summed E-state index contributed by atoms with van der Waals surface area (Å²) in [7, 11) is 0.0482. The molecule has 0 bridgehead atoms. The van der Waals surface area contributed by atoms with Crippen LogP contribution in [-0.2, 0) is 4.74 Å². The van der Waals surface area contributed by atoms with Gasteiger partial charge in [0.1, 0.15) is 6.61 Å². The average Bonchev–Trinajstić information content (AvgIpc) is 2.39. The Morgan fingerprint density at radius 1 is 1.50 bits per heavy atom. The maximum atomic E-state index is 10.5. The van der Waals surface area contributed by atoms with Crippen LogP contribution in [0.2, 0.25) is 0 Å². The van der Waals surface area contributed by atoms with Crippen molar-refractivity contribution < 1.29 is 14.8 Å². The number of nitro benzene ring substituents is 1. The van der Waals surface area contributed by atoms with E-state index in [4.69, 9.17) is 10.1 Å². The molecule has 8 heteroatoms. The van der Waals surface area contributed by atoms with Crippen LogP contribution in [0.25, 0.3) is 10.7 Å². The first kappa shape index (κ1) is 15.7. The molecule has 0 saturated carbocycles. The lowest BCUT2D eigenvalue weighted by atomic mass is 10.1. The minimum Gasteiger partial charge on any atom is -0.475 e. The fraction of sp³-hybridized carbons (Fsp3) is 0.250. The molecule has 0 aliphatic heterocycles. The monoisotopic (exact) mass is 296 g/mol. The minimum atomic E-state index is -0.544. The van der Waals surface area contributed by atoms with Crippen molar-refractivity contribution in [3.05, 3.63) is 50.9 Å². The average molecular weight is 296 g/mol. The van der Waals surface area contributed by atoms with Crippen LogP contribution in [-0.4, -0.2) is 34.5 Å². The van der Waals surface area contributed by atoms with E-state index in [1.807, 2.05) is 17.9 Å². The summed E-state index contributed by atoms with van der Waals surface area (Å²) in [5, 5.41) is 31.0. The zero-order valence-corrected chi connectivity index (χ0v) is 11.8. The molecule has 0 heterocycles. The van der Waals surface area contributed by atoms with Gasteiger partial charge in [0.25, 0.3) is 5.69 Å². The number of ether oxygens (including phenoxy) is 1. The Labute approximate surface area is 118 Å². The van der Waals surface area contributed by atoms with Crippen molar-refractivity contribution in [3.8, 4) is 0 Å². The molecule has 0 spiro atoms. The number of benzene rings is 1. The Morgan fingerprint density at radius 2 is 2.10 bits per heavy atom. The first-order valence-corrected chi connectivity index (χ1v) is 7.61. The third kappa shape index (κ3) is 4.37. The van der Waals surface area contributed by atoms with Gasteiger partial charge in [-0.2, -0.15) is 10.5 Å². The van der Waals surface area contributed by atoms with Crippen LogP contribution in [0.15, 0.2) is 30.2 Å². The zero-order valence-electron chi connectivity index (χ0n) is 11.0. The molecule has 0 aliphatic carbocycles. The molecule has 0 aliphatic rings. The van der Waals surface area contributed by atoms with E-state index < -0.39 is 10.9 Å². The van der Waals surface area contributed by atoms with Gasteiger partial charge in [0.05, 0.1) is 10.5 Å². The summed E-state index contributed by atoms with van der Waals surface area (Å²) in [5.74, 6) is -0.539. The Bertz CT molecular complexity index is 598. The maximum Gasteiger partial charge on any atom is 0.471 e. The number of aliphatic hydroxyl groups excluding tert-OH is 1. The van der Waals surface area contributed by atoms with E-state index in [0.29, 0.717) is 5.56 Å². The van der Waals surface area contributed by atoms with E-state index in [1.54, 1.807) is 0 Å². The van der Waals surface area contributed by atoms with Gasteiger partial charge in [0.15, 0.2) is 4.98 Å². The van der Waals surface area contributed by atoms with Gasteiger partial charge in [-0.25, -0.2) is 0 Å². The number of nitro groups is 1. The molecule has 1 N–H and O–H groups in total. The van der Waals surface area contributed by atoms with Crippen molar-refractivity contribution in [1.82, 2.24) is 0 Å². The number of nitrogens with zero attached hydrogens (tertiary/aromatic N) is 3. The van der Waals surface area contributed by atoms with Crippen LogP contribution in [0.4, 0.5) is 5.69 Å². The first-order valence-electron chi connectivity index (χ1n) is 5.51. The van der Waals surface area contributed by atoms with E-state index in [-0.39, 0.29) is 28.5 Å². The number of hydrogen-bond donors (Lipinski definition) is 1. The van der Waals surface area contributed by atoms with Gasteiger partial charge in [-0.1, -0.05) is 0 Å². The van der Waals surface area contributed by atoms with Crippen molar-refractivity contribution >= 4 is 27.2 Å². The quantitative estimate of drug-likeness (QED) is 0.296. The molecule has 0 saturated heterocycles. The lowest BCUT2D eigenvalue weighted by Crippen LogP contribution is -1.98. The van der Waals surface area contributed by atoms with E-state index in [1.165, 1.54) is 24.3 Å². The topological polar surface area (TPSA) is 101 Å². The predicted molar refractivity (Wildman–Crippen MR) is 79.2 cm³/mol. The van der Waals surface area contributed by atoms with Crippen molar-refractivity contribution in [2.24, 2.45) is 0 Å². The highest BCUT2D eigenvalue weighted by Crippen LogP contribution is 2.22. The number of aliphatic hydroxyl groups is 1. The van der Waals surface area contributed by atoms with Crippen LogP contribution in [0.3, 0.4) is 0 Å². The SMILES string of the molecule is CS(C)=CCO/C(O)=C(\[N+]#N)c1ccc([N+](=O)[O-])cc1. The largest absolute Gasteiger partial charge is 0.475 e. The molecule has 7 nitrogen and oxygen atoms in total. The number of hydrogen-bond acceptors (Lipinski definition) is 5. The van der Waals surface area contributed by atoms with Gasteiger partial charge in [-0.05, 0) is 30.0 Å². The second kappa shape index (κ2) is 7.25. The Kier molecular flexibility index (Phi) is 5.68. The second-order valence-electron chi connectivity index (χ2n) is 3.92. The van der Waals surface area contributed by atoms with Crippen LogP contribution >= 0.6 is 10.5 Å². The molecule has 20 heavy (non-hydrogen) atoms. The van der Waals surface area contributed by atoms with E-state index in [0.717, 1.165) is 0 Å². The smallest absolute Gasteiger partial charge is 0.471 e. The molecule has 0 fully saturated rings. The molecule has 0 unspecified atom stereocenters. The van der Waals surface area contributed by atoms with Crippen LogP contribution in [0.1, 0.15) is 5.56 Å². The number of non-ortho nitro benzene ring substituents is 1. The van der Waals surface area contributed by atoms with Gasteiger partial charge >= 0.3 is 11.6 Å². The Hall–Kier alpha value is -2.40. The highest BCUT2D eigenvalue weighted by atomic mass is 32.2. The van der Waals surface area contributed by atoms with Gasteiger partial charge < -0.3 is 9.84 Å². The fourth-order valence-electron chi connectivity index (χ4n) is 1.28. The summed E-state index contributed by atoms with van der Waals surface area (Å²) in [6.07, 6.45) is 3.97.